The molecule has 0 atom stereocenters. The molecule has 3 rings (SSSR count). The lowest BCUT2D eigenvalue weighted by atomic mass is 10.2. The summed E-state index contributed by atoms with van der Waals surface area (Å²) in [6.45, 7) is 0.512. The Balaban J connectivity index is 1.69. The SMILES string of the molecule is O=C(O)c1cccc(Nc2cc(NCc3ccco3)ncn2)c1. The van der Waals surface area contributed by atoms with E-state index in [4.69, 9.17) is 9.52 Å². The van der Waals surface area contributed by atoms with Crippen molar-refractivity contribution >= 4 is 23.3 Å². The molecule has 23 heavy (non-hydrogen) atoms. The van der Waals surface area contributed by atoms with Gasteiger partial charge in [0.2, 0.25) is 0 Å². The van der Waals surface area contributed by atoms with Crippen molar-refractivity contribution in [3.8, 4) is 0 Å². The zero-order valence-corrected chi connectivity index (χ0v) is 12.1. The first-order chi connectivity index (χ1) is 11.2. The Bertz CT molecular complexity index is 803. The Morgan fingerprint density at radius 2 is 2.00 bits per heavy atom. The van der Waals surface area contributed by atoms with E-state index in [-0.39, 0.29) is 5.56 Å². The highest BCUT2D eigenvalue weighted by molar-refractivity contribution is 5.89. The molecular formula is C16H14N4O3. The van der Waals surface area contributed by atoms with E-state index in [1.807, 2.05) is 12.1 Å². The fraction of sp³-hybridized carbons (Fsp3) is 0.0625. The van der Waals surface area contributed by atoms with Crippen LogP contribution >= 0.6 is 0 Å². The molecule has 3 aromatic rings. The van der Waals surface area contributed by atoms with Crippen LogP contribution in [0.4, 0.5) is 17.3 Å². The van der Waals surface area contributed by atoms with E-state index in [1.54, 1.807) is 30.5 Å². The highest BCUT2D eigenvalue weighted by Gasteiger charge is 2.05. The number of nitrogens with zero attached hydrogens (tertiary/aromatic N) is 2. The van der Waals surface area contributed by atoms with Crippen molar-refractivity contribution in [1.82, 2.24) is 9.97 Å². The summed E-state index contributed by atoms with van der Waals surface area (Å²) < 4.78 is 5.24. The van der Waals surface area contributed by atoms with Gasteiger partial charge in [-0.25, -0.2) is 14.8 Å². The molecule has 3 N–H and O–H groups in total. The maximum Gasteiger partial charge on any atom is 0.335 e. The predicted molar refractivity (Wildman–Crippen MR) is 84.8 cm³/mol. The summed E-state index contributed by atoms with van der Waals surface area (Å²) in [6, 6.07) is 11.9. The quantitative estimate of drug-likeness (QED) is 0.643. The van der Waals surface area contributed by atoms with Gasteiger partial charge in [-0.15, -0.1) is 0 Å². The van der Waals surface area contributed by atoms with Crippen LogP contribution in [0.25, 0.3) is 0 Å². The second-order valence-corrected chi connectivity index (χ2v) is 4.73. The molecule has 2 heterocycles. The van der Waals surface area contributed by atoms with Crippen LogP contribution in [0.3, 0.4) is 0 Å². The summed E-state index contributed by atoms with van der Waals surface area (Å²) in [4.78, 5) is 19.2. The van der Waals surface area contributed by atoms with Gasteiger partial charge in [0.1, 0.15) is 23.7 Å². The van der Waals surface area contributed by atoms with Gasteiger partial charge in [-0.05, 0) is 30.3 Å². The number of aromatic nitrogens is 2. The number of carbonyl (C=O) groups is 1. The van der Waals surface area contributed by atoms with Gasteiger partial charge >= 0.3 is 5.97 Å². The van der Waals surface area contributed by atoms with Gasteiger partial charge in [-0.2, -0.15) is 0 Å². The summed E-state index contributed by atoms with van der Waals surface area (Å²) >= 11 is 0. The molecule has 0 spiro atoms. The molecule has 0 aliphatic carbocycles. The minimum absolute atomic E-state index is 0.209. The van der Waals surface area contributed by atoms with Gasteiger partial charge in [0.15, 0.2) is 0 Å². The second kappa shape index (κ2) is 6.61. The highest BCUT2D eigenvalue weighted by atomic mass is 16.4. The first-order valence-electron chi connectivity index (χ1n) is 6.89. The number of aromatic carboxylic acids is 1. The molecule has 2 aromatic heterocycles. The standard InChI is InChI=1S/C16H14N4O3/c21-16(22)11-3-1-4-12(7-11)20-15-8-14(18-10-19-15)17-9-13-5-2-6-23-13/h1-8,10H,9H2,(H,21,22)(H2,17,18,19,20). The van der Waals surface area contributed by atoms with E-state index >= 15 is 0 Å². The van der Waals surface area contributed by atoms with Crippen LogP contribution in [0.15, 0.2) is 59.5 Å². The van der Waals surface area contributed by atoms with Crippen molar-refractivity contribution in [1.29, 1.82) is 0 Å². The van der Waals surface area contributed by atoms with E-state index in [0.29, 0.717) is 23.9 Å². The normalized spacial score (nSPS) is 10.3. The average Bonchev–Trinajstić information content (AvgIpc) is 3.07. The van der Waals surface area contributed by atoms with E-state index in [2.05, 4.69) is 20.6 Å². The maximum absolute atomic E-state index is 11.0. The van der Waals surface area contributed by atoms with E-state index in [0.717, 1.165) is 5.76 Å². The molecule has 0 saturated heterocycles. The first-order valence-corrected chi connectivity index (χ1v) is 6.89. The zero-order valence-electron chi connectivity index (χ0n) is 12.1. The third kappa shape index (κ3) is 3.85. The summed E-state index contributed by atoms with van der Waals surface area (Å²) in [5.74, 6) is 1.02. The lowest BCUT2D eigenvalue weighted by Gasteiger charge is -2.08. The van der Waals surface area contributed by atoms with Crippen LogP contribution in [-0.4, -0.2) is 21.0 Å². The maximum atomic E-state index is 11.0. The Labute approximate surface area is 132 Å². The van der Waals surface area contributed by atoms with Crippen LogP contribution in [-0.2, 0) is 6.54 Å². The molecule has 0 fully saturated rings. The Kier molecular flexibility index (Phi) is 4.19. The van der Waals surface area contributed by atoms with Crippen LogP contribution in [0.5, 0.6) is 0 Å². The molecule has 0 bridgehead atoms. The van der Waals surface area contributed by atoms with Crippen molar-refractivity contribution in [3.63, 3.8) is 0 Å². The lowest BCUT2D eigenvalue weighted by molar-refractivity contribution is 0.0697. The molecule has 0 radical (unpaired) electrons. The minimum Gasteiger partial charge on any atom is -0.478 e. The number of hydrogen-bond donors (Lipinski definition) is 3. The monoisotopic (exact) mass is 310 g/mol. The predicted octanol–water partition coefficient (Wildman–Crippen LogP) is 3.12. The Morgan fingerprint density at radius 3 is 2.78 bits per heavy atom. The molecule has 0 amide bonds. The van der Waals surface area contributed by atoms with Crippen molar-refractivity contribution in [2.24, 2.45) is 0 Å². The van der Waals surface area contributed by atoms with E-state index in [9.17, 15) is 4.79 Å². The number of carboxylic acids is 1. The van der Waals surface area contributed by atoms with Crippen molar-refractivity contribution in [2.45, 2.75) is 6.54 Å². The lowest BCUT2D eigenvalue weighted by Crippen LogP contribution is -2.03. The Hall–Kier alpha value is -3.35. The number of carboxylic acid groups (broad SMARTS) is 1. The molecule has 0 aliphatic rings. The van der Waals surface area contributed by atoms with Gasteiger partial charge in [-0.1, -0.05) is 6.07 Å². The smallest absolute Gasteiger partial charge is 0.335 e. The Morgan fingerprint density at radius 1 is 1.13 bits per heavy atom. The molecule has 0 saturated carbocycles. The molecule has 7 heteroatoms. The summed E-state index contributed by atoms with van der Waals surface area (Å²) in [6.07, 6.45) is 3.03. The van der Waals surface area contributed by atoms with Gasteiger partial charge in [-0.3, -0.25) is 0 Å². The van der Waals surface area contributed by atoms with E-state index in [1.165, 1.54) is 12.4 Å². The minimum atomic E-state index is -0.975. The van der Waals surface area contributed by atoms with Gasteiger partial charge in [0.25, 0.3) is 0 Å². The van der Waals surface area contributed by atoms with Crippen molar-refractivity contribution in [2.75, 3.05) is 10.6 Å². The first kappa shape index (κ1) is 14.6. The molecule has 7 nitrogen and oxygen atoms in total. The third-order valence-electron chi connectivity index (χ3n) is 3.07. The number of benzene rings is 1. The number of rotatable bonds is 6. The van der Waals surface area contributed by atoms with Crippen molar-refractivity contribution < 1.29 is 14.3 Å². The zero-order chi connectivity index (χ0) is 16.1. The molecule has 1 aromatic carbocycles. The topological polar surface area (TPSA) is 100 Å². The van der Waals surface area contributed by atoms with Gasteiger partial charge < -0.3 is 20.2 Å². The van der Waals surface area contributed by atoms with Gasteiger partial charge in [0, 0.05) is 11.8 Å². The van der Waals surface area contributed by atoms with Crippen molar-refractivity contribution in [3.05, 3.63) is 66.4 Å². The fourth-order valence-corrected chi connectivity index (χ4v) is 1.99. The van der Waals surface area contributed by atoms with Crippen LogP contribution in [0.2, 0.25) is 0 Å². The number of nitrogens with one attached hydrogen (secondary N) is 2. The average molecular weight is 310 g/mol. The van der Waals surface area contributed by atoms with Crippen LogP contribution in [0, 0.1) is 0 Å². The molecule has 116 valence electrons. The van der Waals surface area contributed by atoms with E-state index < -0.39 is 5.97 Å². The number of hydrogen-bond acceptors (Lipinski definition) is 6. The highest BCUT2D eigenvalue weighted by Crippen LogP contribution is 2.18. The largest absolute Gasteiger partial charge is 0.478 e. The fourth-order valence-electron chi connectivity index (χ4n) is 1.99. The molecular weight excluding hydrogens is 296 g/mol. The van der Waals surface area contributed by atoms with Crippen LogP contribution in [0.1, 0.15) is 16.1 Å². The number of anilines is 3. The second-order valence-electron chi connectivity index (χ2n) is 4.73. The number of furan rings is 1. The van der Waals surface area contributed by atoms with Gasteiger partial charge in [0.05, 0.1) is 18.4 Å². The summed E-state index contributed by atoms with van der Waals surface area (Å²) in [5.41, 5.74) is 0.848. The summed E-state index contributed by atoms with van der Waals surface area (Å²) in [7, 11) is 0. The summed E-state index contributed by atoms with van der Waals surface area (Å²) in [5, 5.41) is 15.2. The third-order valence-corrected chi connectivity index (χ3v) is 3.07. The van der Waals surface area contributed by atoms with Crippen LogP contribution < -0.4 is 10.6 Å². The molecule has 0 unspecified atom stereocenters. The molecule has 0 aliphatic heterocycles.